The number of rotatable bonds is 1. The second kappa shape index (κ2) is 2.78. The third-order valence-corrected chi connectivity index (χ3v) is 9.94. The van der Waals surface area contributed by atoms with Crippen LogP contribution in [0.3, 0.4) is 0 Å². The summed E-state index contributed by atoms with van der Waals surface area (Å²) < 4.78 is 15.4. The van der Waals surface area contributed by atoms with Crippen LogP contribution in [0.1, 0.15) is 0 Å². The molecule has 0 N–H and O–H groups in total. The van der Waals surface area contributed by atoms with Gasteiger partial charge in [0.05, 0.1) is 0 Å². The molecule has 0 amide bonds. The molecule has 0 bridgehead atoms. The second-order valence-corrected chi connectivity index (χ2v) is 19.9. The van der Waals surface area contributed by atoms with Crippen LogP contribution in [0.4, 0.5) is 0 Å². The molecule has 0 heterocycles. The normalized spacial score (nSPS) is 13.4. The Kier molecular flexibility index (Phi) is 3.01. The maximum atomic E-state index is 11.1. The SMILES string of the molecule is CS(C)(=O)=[N][Sn]([CH3])([CH3])[CH3]. The fraction of sp³-hybridized carbons (Fsp3) is 1.00. The van der Waals surface area contributed by atoms with Gasteiger partial charge in [0.1, 0.15) is 0 Å². The van der Waals surface area contributed by atoms with Crippen LogP contribution in [-0.4, -0.2) is 35.4 Å². The minimum atomic E-state index is -2.10. The molecule has 0 spiro atoms. The van der Waals surface area contributed by atoms with Crippen LogP contribution in [0.25, 0.3) is 0 Å². The van der Waals surface area contributed by atoms with Crippen LogP contribution in [0, 0.1) is 0 Å². The van der Waals surface area contributed by atoms with Crippen LogP contribution in [-0.2, 0) is 9.73 Å². The standard InChI is InChI=1S/C2H6NOS.3CH3.Sn/c1-5(2,3)4;;;;/h1-2H3;3*1H3;/q-1;;;;+1. The van der Waals surface area contributed by atoms with Gasteiger partial charge < -0.3 is 0 Å². The van der Waals surface area contributed by atoms with Crippen LogP contribution in [0.15, 0.2) is 2.58 Å². The molecule has 56 valence electrons. The summed E-state index contributed by atoms with van der Waals surface area (Å²) in [7, 11) is -1.81. The molecule has 0 aromatic carbocycles. The van der Waals surface area contributed by atoms with E-state index in [1.165, 1.54) is 0 Å². The van der Waals surface area contributed by atoms with Gasteiger partial charge in [-0.15, -0.1) is 0 Å². The molecule has 0 fully saturated rings. The van der Waals surface area contributed by atoms with Crippen molar-refractivity contribution in [2.24, 2.45) is 2.58 Å². The minimum absolute atomic E-state index is 1.70. The van der Waals surface area contributed by atoms with E-state index in [4.69, 9.17) is 0 Å². The molecule has 0 saturated heterocycles. The predicted molar refractivity (Wildman–Crippen MR) is 45.8 cm³/mol. The first-order chi connectivity index (χ1) is 3.71. The number of nitrogens with zero attached hydrogens (tertiary/aromatic N) is 1. The first kappa shape index (κ1) is 9.75. The number of hydrogen-bond acceptors (Lipinski definition) is 2. The molecule has 0 aliphatic carbocycles. The van der Waals surface area contributed by atoms with E-state index in [0.717, 1.165) is 0 Å². The Morgan fingerprint density at radius 3 is 1.56 bits per heavy atom. The van der Waals surface area contributed by atoms with E-state index >= 15 is 0 Å². The van der Waals surface area contributed by atoms with Gasteiger partial charge in [-0.2, -0.15) is 0 Å². The van der Waals surface area contributed by atoms with Crippen LogP contribution < -0.4 is 0 Å². The first-order valence-corrected chi connectivity index (χ1v) is 15.1. The van der Waals surface area contributed by atoms with E-state index in [0.29, 0.717) is 0 Å². The molecule has 2 nitrogen and oxygen atoms in total. The molecule has 0 rings (SSSR count). The summed E-state index contributed by atoms with van der Waals surface area (Å²) in [6.07, 6.45) is 3.41. The van der Waals surface area contributed by atoms with Gasteiger partial charge in [0.15, 0.2) is 0 Å². The first-order valence-electron chi connectivity index (χ1n) is 2.89. The van der Waals surface area contributed by atoms with Crippen molar-refractivity contribution >= 4 is 28.4 Å². The fourth-order valence-electron chi connectivity index (χ4n) is 0.660. The van der Waals surface area contributed by atoms with E-state index < -0.39 is 28.4 Å². The van der Waals surface area contributed by atoms with E-state index in [1.54, 1.807) is 12.5 Å². The summed E-state index contributed by atoms with van der Waals surface area (Å²) in [4.78, 5) is 6.46. The average Bonchev–Trinajstić information content (AvgIpc) is 1.14. The van der Waals surface area contributed by atoms with E-state index in [1.807, 2.05) is 0 Å². The summed E-state index contributed by atoms with van der Waals surface area (Å²) in [5, 5.41) is 0. The topological polar surface area (TPSA) is 29.4 Å². The van der Waals surface area contributed by atoms with Crippen molar-refractivity contribution in [2.45, 2.75) is 14.8 Å². The quantitative estimate of drug-likeness (QED) is 0.654. The van der Waals surface area contributed by atoms with Crippen molar-refractivity contribution < 1.29 is 4.21 Å². The van der Waals surface area contributed by atoms with Crippen molar-refractivity contribution in [3.05, 3.63) is 0 Å². The Morgan fingerprint density at radius 2 is 1.56 bits per heavy atom. The van der Waals surface area contributed by atoms with Crippen molar-refractivity contribution in [1.82, 2.24) is 0 Å². The van der Waals surface area contributed by atoms with E-state index in [2.05, 4.69) is 17.4 Å². The van der Waals surface area contributed by atoms with Gasteiger partial charge in [-0.05, 0) is 0 Å². The summed E-state index contributed by atoms with van der Waals surface area (Å²) in [6, 6.07) is 0. The summed E-state index contributed by atoms with van der Waals surface area (Å²) in [5.74, 6) is 0. The molecule has 4 heteroatoms. The van der Waals surface area contributed by atoms with Crippen molar-refractivity contribution in [3.63, 3.8) is 0 Å². The molecule has 0 unspecified atom stereocenters. The average molecular weight is 256 g/mol. The van der Waals surface area contributed by atoms with Gasteiger partial charge in [0, 0.05) is 0 Å². The van der Waals surface area contributed by atoms with Gasteiger partial charge >= 0.3 is 62.5 Å². The molecule has 0 radical (unpaired) electrons. The van der Waals surface area contributed by atoms with Crippen LogP contribution in [0.2, 0.25) is 14.8 Å². The van der Waals surface area contributed by atoms with Gasteiger partial charge in [-0.25, -0.2) is 0 Å². The molecule has 9 heavy (non-hydrogen) atoms. The van der Waals surface area contributed by atoms with Crippen LogP contribution >= 0.6 is 0 Å². The van der Waals surface area contributed by atoms with Crippen molar-refractivity contribution in [1.29, 1.82) is 0 Å². The second-order valence-electron chi connectivity index (χ2n) is 3.44. The zero-order valence-electron chi connectivity index (χ0n) is 6.76. The number of hydrogen-bond donors (Lipinski definition) is 0. The van der Waals surface area contributed by atoms with Gasteiger partial charge in [-0.3, -0.25) is 0 Å². The Hall–Kier alpha value is 0.749. The summed E-state index contributed by atoms with van der Waals surface area (Å²) >= 11 is -2.10. The van der Waals surface area contributed by atoms with Crippen molar-refractivity contribution in [2.75, 3.05) is 12.5 Å². The molecular formula is C5H15NOSSn. The van der Waals surface area contributed by atoms with E-state index in [9.17, 15) is 4.21 Å². The van der Waals surface area contributed by atoms with Crippen molar-refractivity contribution in [3.8, 4) is 0 Å². The predicted octanol–water partition coefficient (Wildman–Crippen LogP) is 1.55. The summed E-state index contributed by atoms with van der Waals surface area (Å²) in [5.41, 5.74) is 0. The molecule has 0 aliphatic rings. The zero-order valence-corrected chi connectivity index (χ0v) is 10.4. The van der Waals surface area contributed by atoms with Crippen LogP contribution in [0.5, 0.6) is 0 Å². The van der Waals surface area contributed by atoms with Gasteiger partial charge in [0.25, 0.3) is 0 Å². The van der Waals surface area contributed by atoms with E-state index in [-0.39, 0.29) is 0 Å². The van der Waals surface area contributed by atoms with Gasteiger partial charge in [-0.1, -0.05) is 0 Å². The molecular weight excluding hydrogens is 241 g/mol. The van der Waals surface area contributed by atoms with Gasteiger partial charge in [0.2, 0.25) is 0 Å². The third kappa shape index (κ3) is 8.75. The molecule has 0 aromatic heterocycles. The molecule has 0 aromatic rings. The zero-order chi connectivity index (χ0) is 7.71. The molecule has 0 atom stereocenters. The Balaban J connectivity index is 4.53. The Labute approximate surface area is 62.4 Å². The third-order valence-electron chi connectivity index (χ3n) is 0.494. The fourth-order valence-corrected chi connectivity index (χ4v) is 13.3. The molecule has 0 aliphatic heterocycles. The molecule has 0 saturated carbocycles. The Bertz CT molecular complexity index is 189. The Morgan fingerprint density at radius 1 is 1.22 bits per heavy atom. The maximum absolute atomic E-state index is 11.1. The monoisotopic (exact) mass is 257 g/mol. The summed E-state index contributed by atoms with van der Waals surface area (Å²) in [6.45, 7) is 0.